The number of rotatable bonds is 3. The van der Waals surface area contributed by atoms with Crippen LogP contribution in [0.1, 0.15) is 35.3 Å². The van der Waals surface area contributed by atoms with Crippen molar-refractivity contribution in [3.8, 4) is 12.1 Å². The van der Waals surface area contributed by atoms with Gasteiger partial charge in [0.1, 0.15) is 17.7 Å². The smallest absolute Gasteiger partial charge is 0.337 e. The van der Waals surface area contributed by atoms with Gasteiger partial charge in [-0.2, -0.15) is 10.5 Å². The Balaban J connectivity index is 2.04. The van der Waals surface area contributed by atoms with Gasteiger partial charge in [0.15, 0.2) is 5.11 Å². The number of hydrogen-bond donors (Lipinski definition) is 0. The van der Waals surface area contributed by atoms with E-state index in [1.807, 2.05) is 12.1 Å². The number of nitrogens with zero attached hydrogens (tertiary/aromatic N) is 4. The third-order valence-electron chi connectivity index (χ3n) is 4.72. The lowest BCUT2D eigenvalue weighted by molar-refractivity contribution is -0.120. The van der Waals surface area contributed by atoms with Crippen LogP contribution in [0.25, 0.3) is 0 Å². The summed E-state index contributed by atoms with van der Waals surface area (Å²) in [6.45, 7) is 3.48. The summed E-state index contributed by atoms with van der Waals surface area (Å²) in [4.78, 5) is 27.9. The van der Waals surface area contributed by atoms with Gasteiger partial charge in [0, 0.05) is 5.69 Å². The molecule has 1 heterocycles. The number of methoxy groups -OCH3 is 1. The fraction of sp³-hybridized carbons (Fsp3) is 0.190. The highest BCUT2D eigenvalue weighted by Crippen LogP contribution is 2.36. The first-order valence-corrected chi connectivity index (χ1v) is 8.98. The van der Waals surface area contributed by atoms with Crippen LogP contribution in [0.4, 0.5) is 11.4 Å². The first-order valence-electron chi connectivity index (χ1n) is 8.57. The van der Waals surface area contributed by atoms with Crippen molar-refractivity contribution in [1.29, 1.82) is 10.5 Å². The van der Waals surface area contributed by atoms with Crippen molar-refractivity contribution >= 4 is 40.6 Å². The van der Waals surface area contributed by atoms with Gasteiger partial charge in [-0.15, -0.1) is 0 Å². The van der Waals surface area contributed by atoms with E-state index in [0.29, 0.717) is 16.9 Å². The van der Waals surface area contributed by atoms with E-state index < -0.39 is 11.5 Å². The zero-order valence-corrected chi connectivity index (χ0v) is 16.8. The lowest BCUT2D eigenvalue weighted by Crippen LogP contribution is -2.44. The molecule has 0 radical (unpaired) electrons. The highest BCUT2D eigenvalue weighted by Gasteiger charge is 2.50. The molecule has 1 aliphatic heterocycles. The predicted octanol–water partition coefficient (Wildman–Crippen LogP) is 3.13. The summed E-state index contributed by atoms with van der Waals surface area (Å²) in [6, 6.07) is 15.0. The number of thiocarbonyl (C=S) groups is 1. The van der Waals surface area contributed by atoms with Crippen molar-refractivity contribution in [3.05, 3.63) is 59.2 Å². The van der Waals surface area contributed by atoms with Gasteiger partial charge in [-0.1, -0.05) is 0 Å². The molecule has 2 aromatic carbocycles. The van der Waals surface area contributed by atoms with Crippen LogP contribution in [0.3, 0.4) is 0 Å². The molecular weight excluding hydrogens is 388 g/mol. The van der Waals surface area contributed by atoms with Gasteiger partial charge in [-0.25, -0.2) is 4.79 Å². The summed E-state index contributed by atoms with van der Waals surface area (Å²) in [5.41, 5.74) is 0.829. The molecule has 144 valence electrons. The van der Waals surface area contributed by atoms with Crippen LogP contribution < -0.4 is 9.80 Å². The predicted molar refractivity (Wildman–Crippen MR) is 110 cm³/mol. The molecule has 2 aromatic rings. The molecule has 1 aliphatic rings. The van der Waals surface area contributed by atoms with E-state index in [1.165, 1.54) is 24.1 Å². The topological polar surface area (TPSA) is 97.4 Å². The van der Waals surface area contributed by atoms with Gasteiger partial charge in [-0.3, -0.25) is 9.69 Å². The van der Waals surface area contributed by atoms with Crippen LogP contribution in [0.2, 0.25) is 0 Å². The SMILES string of the molecule is COC(=O)c1ccc(N2C(=S)N(c3ccc(C#N)c(C#N)c3)C(=O)C2(C)C)cc1. The standard InChI is InChI=1S/C21H16N4O3S/c1-21(2)19(27)24(17-9-6-14(11-22)15(10-17)12-23)20(29)25(21)16-7-4-13(5-8-16)18(26)28-3/h4-10H,1-3H3. The Labute approximate surface area is 173 Å². The highest BCUT2D eigenvalue weighted by atomic mass is 32.1. The zero-order valence-electron chi connectivity index (χ0n) is 16.0. The van der Waals surface area contributed by atoms with E-state index in [2.05, 4.69) is 0 Å². The van der Waals surface area contributed by atoms with E-state index in [0.717, 1.165) is 0 Å². The Bertz CT molecular complexity index is 1110. The third-order valence-corrected chi connectivity index (χ3v) is 5.08. The number of nitriles is 2. The largest absolute Gasteiger partial charge is 0.465 e. The molecule has 1 amide bonds. The fourth-order valence-electron chi connectivity index (χ4n) is 3.18. The quantitative estimate of drug-likeness (QED) is 0.572. The Kier molecular flexibility index (Phi) is 5.06. The molecule has 3 rings (SSSR count). The van der Waals surface area contributed by atoms with Crippen molar-refractivity contribution in [2.24, 2.45) is 0 Å². The van der Waals surface area contributed by atoms with Crippen LogP contribution in [0.15, 0.2) is 42.5 Å². The first kappa shape index (κ1) is 20.0. The minimum Gasteiger partial charge on any atom is -0.465 e. The molecule has 1 saturated heterocycles. The summed E-state index contributed by atoms with van der Waals surface area (Å²) in [6.07, 6.45) is 0. The van der Waals surface area contributed by atoms with Gasteiger partial charge in [0.2, 0.25) is 0 Å². The Hall–Kier alpha value is -3.75. The maximum absolute atomic E-state index is 13.2. The lowest BCUT2D eigenvalue weighted by Gasteiger charge is -2.29. The number of carbonyl (C=O) groups excluding carboxylic acids is 2. The normalized spacial score (nSPS) is 15.1. The number of amides is 1. The Morgan fingerprint density at radius 3 is 2.17 bits per heavy atom. The average Bonchev–Trinajstić information content (AvgIpc) is 2.91. The highest BCUT2D eigenvalue weighted by molar-refractivity contribution is 7.81. The number of carbonyl (C=O) groups is 2. The second-order valence-electron chi connectivity index (χ2n) is 6.81. The van der Waals surface area contributed by atoms with Gasteiger partial charge >= 0.3 is 5.97 Å². The number of benzene rings is 2. The van der Waals surface area contributed by atoms with E-state index in [-0.39, 0.29) is 22.1 Å². The van der Waals surface area contributed by atoms with Crippen LogP contribution in [0, 0.1) is 22.7 Å². The van der Waals surface area contributed by atoms with Crippen molar-refractivity contribution in [2.45, 2.75) is 19.4 Å². The third kappa shape index (κ3) is 3.20. The molecule has 8 heteroatoms. The monoisotopic (exact) mass is 404 g/mol. The van der Waals surface area contributed by atoms with Crippen LogP contribution in [-0.4, -0.2) is 29.6 Å². The van der Waals surface area contributed by atoms with Crippen molar-refractivity contribution in [3.63, 3.8) is 0 Å². The van der Waals surface area contributed by atoms with E-state index in [9.17, 15) is 14.9 Å². The van der Waals surface area contributed by atoms with E-state index in [4.69, 9.17) is 22.2 Å². The minimum atomic E-state index is -0.995. The molecule has 29 heavy (non-hydrogen) atoms. The van der Waals surface area contributed by atoms with Crippen LogP contribution in [0.5, 0.6) is 0 Å². The molecule has 0 aromatic heterocycles. The lowest BCUT2D eigenvalue weighted by atomic mass is 10.0. The minimum absolute atomic E-state index is 0.166. The van der Waals surface area contributed by atoms with Gasteiger partial charge < -0.3 is 9.64 Å². The molecule has 0 N–H and O–H groups in total. The van der Waals surface area contributed by atoms with Crippen LogP contribution >= 0.6 is 12.2 Å². The maximum Gasteiger partial charge on any atom is 0.337 e. The Morgan fingerprint density at radius 2 is 1.62 bits per heavy atom. The van der Waals surface area contributed by atoms with E-state index in [1.54, 1.807) is 49.1 Å². The van der Waals surface area contributed by atoms with Crippen LogP contribution in [-0.2, 0) is 9.53 Å². The fourth-order valence-corrected chi connectivity index (χ4v) is 3.70. The molecule has 0 spiro atoms. The number of esters is 1. The molecule has 0 atom stereocenters. The summed E-state index contributed by atoms with van der Waals surface area (Å²) in [5.74, 6) is -0.729. The summed E-state index contributed by atoms with van der Waals surface area (Å²) in [7, 11) is 1.30. The van der Waals surface area contributed by atoms with Crippen molar-refractivity contribution in [2.75, 3.05) is 16.9 Å². The maximum atomic E-state index is 13.2. The summed E-state index contributed by atoms with van der Waals surface area (Å²) < 4.78 is 4.71. The van der Waals surface area contributed by atoms with Crippen molar-refractivity contribution < 1.29 is 14.3 Å². The zero-order chi connectivity index (χ0) is 21.3. The average molecular weight is 404 g/mol. The molecule has 0 saturated carbocycles. The summed E-state index contributed by atoms with van der Waals surface area (Å²) >= 11 is 5.59. The first-order chi connectivity index (χ1) is 13.8. The molecule has 1 fully saturated rings. The molecule has 7 nitrogen and oxygen atoms in total. The summed E-state index contributed by atoms with van der Waals surface area (Å²) in [5, 5.41) is 18.6. The van der Waals surface area contributed by atoms with Crippen molar-refractivity contribution in [1.82, 2.24) is 0 Å². The number of ether oxygens (including phenoxy) is 1. The van der Waals surface area contributed by atoms with Gasteiger partial charge in [0.25, 0.3) is 5.91 Å². The second-order valence-corrected chi connectivity index (χ2v) is 7.17. The molecule has 0 bridgehead atoms. The molecule has 0 unspecified atom stereocenters. The molecular formula is C21H16N4O3S. The van der Waals surface area contributed by atoms with Gasteiger partial charge in [0.05, 0.1) is 29.5 Å². The molecule has 0 aliphatic carbocycles. The Morgan fingerprint density at radius 1 is 1.03 bits per heavy atom. The number of anilines is 2. The van der Waals surface area contributed by atoms with E-state index >= 15 is 0 Å². The second kappa shape index (κ2) is 7.34. The van der Waals surface area contributed by atoms with Gasteiger partial charge in [-0.05, 0) is 68.5 Å². The number of hydrogen-bond acceptors (Lipinski definition) is 6.